The molecule has 33 heavy (non-hydrogen) atoms. The molecule has 0 spiro atoms. The fraction of sp³-hybridized carbons (Fsp3) is 0.217. The number of carbonyl (C=O) groups is 3. The number of aromatic amines is 1. The maximum Gasteiger partial charge on any atom is 0.322 e. The van der Waals surface area contributed by atoms with Gasteiger partial charge in [-0.25, -0.2) is 9.78 Å². The molecule has 2 aliphatic rings. The third kappa shape index (κ3) is 4.49. The molecule has 168 valence electrons. The van der Waals surface area contributed by atoms with Gasteiger partial charge in [-0.15, -0.1) is 0 Å². The molecule has 10 heteroatoms. The zero-order valence-corrected chi connectivity index (χ0v) is 17.5. The van der Waals surface area contributed by atoms with Crippen LogP contribution < -0.4 is 20.1 Å². The van der Waals surface area contributed by atoms with Crippen LogP contribution in [0.5, 0.6) is 11.5 Å². The summed E-state index contributed by atoms with van der Waals surface area (Å²) in [6.07, 6.45) is 1.55. The second kappa shape index (κ2) is 8.65. The first kappa shape index (κ1) is 20.6. The van der Waals surface area contributed by atoms with Gasteiger partial charge in [0.2, 0.25) is 18.6 Å². The van der Waals surface area contributed by atoms with Crippen molar-refractivity contribution in [3.05, 3.63) is 66.0 Å². The number of carbonyl (C=O) groups excluding carboxylic acids is 3. The third-order valence-corrected chi connectivity index (χ3v) is 5.40. The minimum atomic E-state index is -0.947. The van der Waals surface area contributed by atoms with Crippen molar-refractivity contribution in [2.45, 2.75) is 25.6 Å². The van der Waals surface area contributed by atoms with Gasteiger partial charge in [-0.05, 0) is 17.7 Å². The Balaban J connectivity index is 1.39. The number of imidazole rings is 1. The van der Waals surface area contributed by atoms with E-state index in [1.165, 1.54) is 0 Å². The highest BCUT2D eigenvalue weighted by Gasteiger charge is 2.33. The van der Waals surface area contributed by atoms with E-state index < -0.39 is 18.0 Å². The number of hydrogen-bond donors (Lipinski definition) is 3. The lowest BCUT2D eigenvalue weighted by atomic mass is 10.1. The number of H-pyrrole nitrogens is 1. The van der Waals surface area contributed by atoms with Crippen LogP contribution in [0.2, 0.25) is 0 Å². The van der Waals surface area contributed by atoms with Gasteiger partial charge in [-0.3, -0.25) is 14.9 Å². The molecule has 3 aromatic rings. The summed E-state index contributed by atoms with van der Waals surface area (Å²) in [5.74, 6) is 1.08. The fourth-order valence-corrected chi connectivity index (χ4v) is 3.84. The van der Waals surface area contributed by atoms with E-state index in [-0.39, 0.29) is 32.2 Å². The second-order valence-corrected chi connectivity index (χ2v) is 7.78. The molecular formula is C23H21N5O5. The number of urea groups is 1. The minimum absolute atomic E-state index is 0.125. The van der Waals surface area contributed by atoms with Crippen molar-refractivity contribution in [1.29, 1.82) is 0 Å². The predicted molar refractivity (Wildman–Crippen MR) is 116 cm³/mol. The van der Waals surface area contributed by atoms with Crippen LogP contribution in [-0.4, -0.2) is 45.5 Å². The summed E-state index contributed by atoms with van der Waals surface area (Å²) in [6.45, 7) is 0.602. The Hall–Kier alpha value is -4.34. The third-order valence-electron chi connectivity index (χ3n) is 5.40. The highest BCUT2D eigenvalue weighted by atomic mass is 16.7. The average molecular weight is 447 g/mol. The monoisotopic (exact) mass is 447 g/mol. The van der Waals surface area contributed by atoms with Gasteiger partial charge in [0.15, 0.2) is 11.5 Å². The highest BCUT2D eigenvalue weighted by molar-refractivity contribution is 6.02. The number of hydrogen-bond acceptors (Lipinski definition) is 6. The first-order valence-corrected chi connectivity index (χ1v) is 10.4. The Morgan fingerprint density at radius 2 is 1.88 bits per heavy atom. The summed E-state index contributed by atoms with van der Waals surface area (Å²) in [4.78, 5) is 46.2. The largest absolute Gasteiger partial charge is 0.454 e. The van der Waals surface area contributed by atoms with E-state index in [0.717, 1.165) is 16.8 Å². The Labute approximate surface area is 188 Å². The molecule has 0 aliphatic carbocycles. The van der Waals surface area contributed by atoms with Crippen LogP contribution in [0.3, 0.4) is 0 Å². The smallest absolute Gasteiger partial charge is 0.322 e. The molecule has 0 radical (unpaired) electrons. The Morgan fingerprint density at radius 3 is 2.70 bits per heavy atom. The Bertz CT molecular complexity index is 1190. The summed E-state index contributed by atoms with van der Waals surface area (Å²) in [6, 6.07) is 13.5. The van der Waals surface area contributed by atoms with Crippen LogP contribution in [0, 0.1) is 0 Å². The van der Waals surface area contributed by atoms with Crippen LogP contribution >= 0.6 is 0 Å². The van der Waals surface area contributed by atoms with Gasteiger partial charge in [-0.1, -0.05) is 36.4 Å². The van der Waals surface area contributed by atoms with E-state index in [2.05, 4.69) is 20.6 Å². The van der Waals surface area contributed by atoms with Crippen LogP contribution in [0.1, 0.15) is 17.7 Å². The molecule has 3 heterocycles. The van der Waals surface area contributed by atoms with E-state index in [4.69, 9.17) is 9.47 Å². The van der Waals surface area contributed by atoms with Gasteiger partial charge in [0.1, 0.15) is 11.9 Å². The molecular weight excluding hydrogens is 426 g/mol. The van der Waals surface area contributed by atoms with Crippen LogP contribution in [0.25, 0.3) is 11.4 Å². The molecule has 1 saturated heterocycles. The minimum Gasteiger partial charge on any atom is -0.454 e. The standard InChI is InChI=1S/C23H21N5O5/c29-20-9-17(26-23(31)27-20)22(30)28(11-14-6-7-18-19(8-14)33-13-32-18)12-16-10-24-21(25-16)15-4-2-1-3-5-15/h1-8,10,17H,9,11-13H2,(H,24,25)(H2,26,27,29,31). The summed E-state index contributed by atoms with van der Waals surface area (Å²) in [5.41, 5.74) is 2.46. The topological polar surface area (TPSA) is 126 Å². The molecule has 1 unspecified atom stereocenters. The molecule has 4 amide bonds. The zero-order chi connectivity index (χ0) is 22.8. The number of aromatic nitrogens is 2. The predicted octanol–water partition coefficient (Wildman–Crippen LogP) is 1.93. The van der Waals surface area contributed by atoms with E-state index in [0.29, 0.717) is 17.3 Å². The fourth-order valence-electron chi connectivity index (χ4n) is 3.84. The zero-order valence-electron chi connectivity index (χ0n) is 17.5. The van der Waals surface area contributed by atoms with Gasteiger partial charge in [0, 0.05) is 12.1 Å². The molecule has 10 nitrogen and oxygen atoms in total. The molecule has 1 atom stereocenters. The first-order valence-electron chi connectivity index (χ1n) is 10.4. The summed E-state index contributed by atoms with van der Waals surface area (Å²) in [7, 11) is 0. The number of amides is 4. The normalized spacial score (nSPS) is 16.8. The molecule has 2 aliphatic heterocycles. The highest BCUT2D eigenvalue weighted by Crippen LogP contribution is 2.33. The SMILES string of the molecule is O=C1CC(C(=O)N(Cc2ccc3c(c2)OCO3)Cc2cnc(-c3ccccc3)[nH]2)NC(=O)N1. The molecule has 0 bridgehead atoms. The van der Waals surface area contributed by atoms with Crippen LogP contribution in [0.4, 0.5) is 4.79 Å². The number of imide groups is 1. The van der Waals surface area contributed by atoms with Gasteiger partial charge in [0.25, 0.3) is 0 Å². The van der Waals surface area contributed by atoms with Crippen molar-refractivity contribution >= 4 is 17.8 Å². The lowest BCUT2D eigenvalue weighted by Crippen LogP contribution is -2.58. The number of ether oxygens (including phenoxy) is 2. The molecule has 2 aromatic carbocycles. The quantitative estimate of drug-likeness (QED) is 0.530. The number of rotatable bonds is 6. The van der Waals surface area contributed by atoms with Gasteiger partial charge in [0.05, 0.1) is 24.9 Å². The van der Waals surface area contributed by atoms with E-state index in [1.54, 1.807) is 17.2 Å². The maximum atomic E-state index is 13.3. The molecule has 0 saturated carbocycles. The van der Waals surface area contributed by atoms with E-state index in [9.17, 15) is 14.4 Å². The number of nitrogens with zero attached hydrogens (tertiary/aromatic N) is 2. The van der Waals surface area contributed by atoms with Crippen molar-refractivity contribution in [1.82, 2.24) is 25.5 Å². The Kier molecular flexibility index (Phi) is 5.39. The molecule has 3 N–H and O–H groups in total. The van der Waals surface area contributed by atoms with Crippen molar-refractivity contribution in [3.8, 4) is 22.9 Å². The van der Waals surface area contributed by atoms with Crippen LogP contribution in [-0.2, 0) is 22.7 Å². The van der Waals surface area contributed by atoms with Gasteiger partial charge in [-0.2, -0.15) is 0 Å². The van der Waals surface area contributed by atoms with Crippen molar-refractivity contribution in [3.63, 3.8) is 0 Å². The molecule has 5 rings (SSSR count). The second-order valence-electron chi connectivity index (χ2n) is 7.78. The average Bonchev–Trinajstić information content (AvgIpc) is 3.47. The summed E-state index contributed by atoms with van der Waals surface area (Å²) < 4.78 is 10.8. The van der Waals surface area contributed by atoms with Gasteiger partial charge >= 0.3 is 6.03 Å². The maximum absolute atomic E-state index is 13.3. The van der Waals surface area contributed by atoms with E-state index >= 15 is 0 Å². The lowest BCUT2D eigenvalue weighted by molar-refractivity contribution is -0.137. The van der Waals surface area contributed by atoms with Crippen molar-refractivity contribution in [2.24, 2.45) is 0 Å². The lowest BCUT2D eigenvalue weighted by Gasteiger charge is -2.29. The Morgan fingerprint density at radius 1 is 1.06 bits per heavy atom. The van der Waals surface area contributed by atoms with Crippen molar-refractivity contribution < 1.29 is 23.9 Å². The first-order chi connectivity index (χ1) is 16.0. The summed E-state index contributed by atoms with van der Waals surface area (Å²) >= 11 is 0. The number of fused-ring (bicyclic) bond motifs is 1. The van der Waals surface area contributed by atoms with Crippen molar-refractivity contribution in [2.75, 3.05) is 6.79 Å². The van der Waals surface area contributed by atoms with Crippen LogP contribution in [0.15, 0.2) is 54.7 Å². The summed E-state index contributed by atoms with van der Waals surface area (Å²) in [5, 5.41) is 4.68. The molecule has 1 aromatic heterocycles. The van der Waals surface area contributed by atoms with Gasteiger partial charge < -0.3 is 24.7 Å². The molecule has 1 fully saturated rings. The number of benzene rings is 2. The van der Waals surface area contributed by atoms with E-state index in [1.807, 2.05) is 42.5 Å². The number of nitrogens with one attached hydrogen (secondary N) is 3.